The Hall–Kier alpha value is -0.960. The summed E-state index contributed by atoms with van der Waals surface area (Å²) in [7, 11) is 0. The smallest absolute Gasteiger partial charge is 0.0876 e. The fraction of sp³-hybridized carbons (Fsp3) is 0.500. The lowest BCUT2D eigenvalue weighted by molar-refractivity contribution is 0.0375. The van der Waals surface area contributed by atoms with Crippen molar-refractivity contribution in [1.82, 2.24) is 4.98 Å². The van der Waals surface area contributed by atoms with Gasteiger partial charge in [0.25, 0.3) is 0 Å². The molecule has 0 spiro atoms. The zero-order valence-electron chi connectivity index (χ0n) is 7.14. The molecule has 0 aliphatic rings. The number of hydrogen-bond donors (Lipinski definition) is 2. The molecule has 0 aliphatic carbocycles. The van der Waals surface area contributed by atoms with Crippen LogP contribution in [0.2, 0.25) is 0 Å². The first kappa shape index (κ1) is 8.14. The van der Waals surface area contributed by atoms with Gasteiger partial charge in [0.1, 0.15) is 0 Å². The number of hydrogen-bond acceptors (Lipinski definition) is 2. The highest BCUT2D eigenvalue weighted by molar-refractivity contribution is 5.37. The van der Waals surface area contributed by atoms with Crippen LogP contribution in [0.15, 0.2) is 18.5 Å². The maximum atomic E-state index is 5.30. The van der Waals surface area contributed by atoms with Crippen molar-refractivity contribution in [3.63, 3.8) is 0 Å². The van der Waals surface area contributed by atoms with E-state index in [9.17, 15) is 0 Å². The molecule has 0 fully saturated rings. The van der Waals surface area contributed by atoms with Gasteiger partial charge in [0, 0.05) is 12.4 Å². The predicted molar refractivity (Wildman–Crippen MR) is 45.3 cm³/mol. The van der Waals surface area contributed by atoms with E-state index in [1.807, 2.05) is 39.2 Å². The normalized spacial score (nSPS) is 11.5. The minimum absolute atomic E-state index is 0.155. The van der Waals surface area contributed by atoms with E-state index in [1.54, 1.807) is 0 Å². The summed E-state index contributed by atoms with van der Waals surface area (Å²) in [6.45, 7) is 5.98. The summed E-state index contributed by atoms with van der Waals surface area (Å²) in [6.07, 6.45) is 3.68. The number of aromatic amines is 1. The van der Waals surface area contributed by atoms with Crippen molar-refractivity contribution in [2.45, 2.75) is 26.4 Å². The van der Waals surface area contributed by atoms with Crippen LogP contribution < -0.4 is 5.48 Å². The van der Waals surface area contributed by atoms with Crippen LogP contribution in [0.4, 0.5) is 5.69 Å². The molecule has 3 nitrogen and oxygen atoms in total. The fourth-order valence-corrected chi connectivity index (χ4v) is 0.599. The second-order valence-corrected chi connectivity index (χ2v) is 3.42. The standard InChI is InChI=1S/C8H14N2O/c1-8(2,3)11-10-7-4-5-9-6-7/h4-6,9-10H,1-3H3. The molecule has 62 valence electrons. The van der Waals surface area contributed by atoms with E-state index in [1.165, 1.54) is 0 Å². The van der Waals surface area contributed by atoms with E-state index in [0.29, 0.717) is 0 Å². The molecule has 0 unspecified atom stereocenters. The number of H-pyrrole nitrogens is 1. The first-order valence-electron chi connectivity index (χ1n) is 3.65. The van der Waals surface area contributed by atoms with Crippen molar-refractivity contribution in [2.24, 2.45) is 0 Å². The van der Waals surface area contributed by atoms with Gasteiger partial charge in [-0.2, -0.15) is 0 Å². The summed E-state index contributed by atoms with van der Waals surface area (Å²) >= 11 is 0. The third-order valence-corrected chi connectivity index (χ3v) is 1.07. The molecule has 0 atom stereocenters. The zero-order valence-corrected chi connectivity index (χ0v) is 7.14. The molecule has 0 bridgehead atoms. The van der Waals surface area contributed by atoms with Crippen LogP contribution in [-0.4, -0.2) is 10.6 Å². The third-order valence-electron chi connectivity index (χ3n) is 1.07. The molecule has 0 amide bonds. The van der Waals surface area contributed by atoms with Crippen molar-refractivity contribution in [1.29, 1.82) is 0 Å². The summed E-state index contributed by atoms with van der Waals surface area (Å²) in [4.78, 5) is 8.23. The highest BCUT2D eigenvalue weighted by atomic mass is 16.7. The van der Waals surface area contributed by atoms with Crippen LogP contribution in [0.25, 0.3) is 0 Å². The molecular formula is C8H14N2O. The molecule has 0 aliphatic heterocycles. The fourth-order valence-electron chi connectivity index (χ4n) is 0.599. The summed E-state index contributed by atoms with van der Waals surface area (Å²) in [5.41, 5.74) is 3.62. The number of rotatable bonds is 2. The Morgan fingerprint density at radius 1 is 1.45 bits per heavy atom. The number of nitrogens with one attached hydrogen (secondary N) is 2. The first-order valence-corrected chi connectivity index (χ1v) is 3.65. The van der Waals surface area contributed by atoms with Gasteiger partial charge in [0.2, 0.25) is 0 Å². The largest absolute Gasteiger partial charge is 0.366 e. The van der Waals surface area contributed by atoms with Crippen molar-refractivity contribution in [3.05, 3.63) is 18.5 Å². The molecule has 0 saturated heterocycles. The summed E-state index contributed by atoms with van der Waals surface area (Å²) < 4.78 is 0. The molecule has 2 N–H and O–H groups in total. The van der Waals surface area contributed by atoms with Crippen LogP contribution in [0, 0.1) is 0 Å². The van der Waals surface area contributed by atoms with Gasteiger partial charge >= 0.3 is 0 Å². The molecular weight excluding hydrogens is 140 g/mol. The Morgan fingerprint density at radius 3 is 2.64 bits per heavy atom. The molecule has 11 heavy (non-hydrogen) atoms. The predicted octanol–water partition coefficient (Wildman–Crippen LogP) is 2.16. The second-order valence-electron chi connectivity index (χ2n) is 3.42. The molecule has 0 radical (unpaired) electrons. The average molecular weight is 154 g/mol. The van der Waals surface area contributed by atoms with Gasteiger partial charge in [-0.3, -0.25) is 10.3 Å². The van der Waals surface area contributed by atoms with Crippen LogP contribution in [0.5, 0.6) is 0 Å². The van der Waals surface area contributed by atoms with E-state index < -0.39 is 0 Å². The summed E-state index contributed by atoms with van der Waals surface area (Å²) in [5.74, 6) is 0. The van der Waals surface area contributed by atoms with E-state index in [2.05, 4.69) is 10.5 Å². The molecule has 1 aromatic rings. The Labute approximate surface area is 66.7 Å². The highest BCUT2D eigenvalue weighted by Gasteiger charge is 2.09. The maximum Gasteiger partial charge on any atom is 0.0876 e. The van der Waals surface area contributed by atoms with Crippen molar-refractivity contribution in [2.75, 3.05) is 5.48 Å². The lowest BCUT2D eigenvalue weighted by Crippen LogP contribution is -2.22. The van der Waals surface area contributed by atoms with Crippen LogP contribution >= 0.6 is 0 Å². The first-order chi connectivity index (χ1) is 5.08. The van der Waals surface area contributed by atoms with Crippen LogP contribution in [0.3, 0.4) is 0 Å². The molecule has 0 saturated carbocycles. The number of aromatic nitrogens is 1. The van der Waals surface area contributed by atoms with Gasteiger partial charge in [0.05, 0.1) is 11.3 Å². The quantitative estimate of drug-likeness (QED) is 0.640. The van der Waals surface area contributed by atoms with E-state index >= 15 is 0 Å². The number of anilines is 1. The topological polar surface area (TPSA) is 37.0 Å². The molecule has 1 aromatic heterocycles. The van der Waals surface area contributed by atoms with Crippen molar-refractivity contribution >= 4 is 5.69 Å². The van der Waals surface area contributed by atoms with Gasteiger partial charge in [0.15, 0.2) is 0 Å². The van der Waals surface area contributed by atoms with Crippen molar-refractivity contribution in [3.8, 4) is 0 Å². The lowest BCUT2D eigenvalue weighted by atomic mass is 10.2. The molecule has 1 rings (SSSR count). The zero-order chi connectivity index (χ0) is 8.32. The van der Waals surface area contributed by atoms with Crippen LogP contribution in [-0.2, 0) is 4.84 Å². The van der Waals surface area contributed by atoms with Crippen LogP contribution in [0.1, 0.15) is 20.8 Å². The lowest BCUT2D eigenvalue weighted by Gasteiger charge is -2.18. The Balaban J connectivity index is 2.35. The summed E-state index contributed by atoms with van der Waals surface area (Å²) in [5, 5.41) is 0. The van der Waals surface area contributed by atoms with E-state index in [4.69, 9.17) is 4.84 Å². The highest BCUT2D eigenvalue weighted by Crippen LogP contribution is 2.10. The Bertz CT molecular complexity index is 198. The maximum absolute atomic E-state index is 5.30. The van der Waals surface area contributed by atoms with Gasteiger partial charge < -0.3 is 4.98 Å². The Morgan fingerprint density at radius 2 is 2.18 bits per heavy atom. The van der Waals surface area contributed by atoms with E-state index in [-0.39, 0.29) is 5.60 Å². The minimum atomic E-state index is -0.155. The minimum Gasteiger partial charge on any atom is -0.366 e. The average Bonchev–Trinajstić information content (AvgIpc) is 2.32. The van der Waals surface area contributed by atoms with Gasteiger partial charge in [-0.15, -0.1) is 0 Å². The molecule has 3 heteroatoms. The molecule has 1 heterocycles. The van der Waals surface area contributed by atoms with Gasteiger partial charge in [-0.1, -0.05) is 0 Å². The Kier molecular flexibility index (Phi) is 2.19. The van der Waals surface area contributed by atoms with E-state index in [0.717, 1.165) is 5.69 Å². The summed E-state index contributed by atoms with van der Waals surface area (Å²) in [6, 6.07) is 1.91. The monoisotopic (exact) mass is 154 g/mol. The molecule has 0 aromatic carbocycles. The van der Waals surface area contributed by atoms with Gasteiger partial charge in [-0.25, -0.2) is 0 Å². The SMILES string of the molecule is CC(C)(C)ONc1cc[nH]c1. The van der Waals surface area contributed by atoms with Gasteiger partial charge in [-0.05, 0) is 26.8 Å². The van der Waals surface area contributed by atoms with Crippen molar-refractivity contribution < 1.29 is 4.84 Å². The second kappa shape index (κ2) is 2.96. The third kappa shape index (κ3) is 3.09.